The van der Waals surface area contributed by atoms with Gasteiger partial charge in [-0.05, 0) is 36.4 Å². The van der Waals surface area contributed by atoms with Crippen molar-refractivity contribution in [2.45, 2.75) is 0 Å². The van der Waals surface area contributed by atoms with Gasteiger partial charge in [0.1, 0.15) is 5.69 Å². The third-order valence-corrected chi connectivity index (χ3v) is 3.25. The Hall–Kier alpha value is -1.77. The van der Waals surface area contributed by atoms with E-state index in [1.165, 1.54) is 0 Å². The summed E-state index contributed by atoms with van der Waals surface area (Å²) in [7, 11) is 0. The van der Waals surface area contributed by atoms with Gasteiger partial charge in [0.2, 0.25) is 0 Å². The summed E-state index contributed by atoms with van der Waals surface area (Å²) in [6, 6.07) is 14.8. The molecular formula is C15H8Cl2NO. The zero-order chi connectivity index (χ0) is 13.2. The van der Waals surface area contributed by atoms with E-state index in [2.05, 4.69) is 11.4 Å². The normalized spacial score (nSPS) is 10.6. The summed E-state index contributed by atoms with van der Waals surface area (Å²) in [6.07, 6.45) is 2.53. The molecule has 0 atom stereocenters. The van der Waals surface area contributed by atoms with Gasteiger partial charge in [-0.3, -0.25) is 0 Å². The van der Waals surface area contributed by atoms with Gasteiger partial charge < -0.3 is 4.42 Å². The van der Waals surface area contributed by atoms with E-state index in [1.807, 2.05) is 48.5 Å². The smallest absolute Gasteiger partial charge is 0.284 e. The van der Waals surface area contributed by atoms with Crippen LogP contribution in [0.15, 0.2) is 52.9 Å². The summed E-state index contributed by atoms with van der Waals surface area (Å²) in [6.45, 7) is 0. The van der Waals surface area contributed by atoms with Crippen molar-refractivity contribution >= 4 is 23.2 Å². The number of nitrogens with zero attached hydrogens (tertiary/aromatic N) is 1. The lowest BCUT2D eigenvalue weighted by Crippen LogP contribution is -1.82. The SMILES string of the molecule is Clc1ccc(-c2n[c]oc2-c2ccc(Cl)cc2)cc1. The molecular weight excluding hydrogens is 281 g/mol. The van der Waals surface area contributed by atoms with Crippen LogP contribution in [0.4, 0.5) is 0 Å². The predicted molar refractivity (Wildman–Crippen MR) is 76.2 cm³/mol. The van der Waals surface area contributed by atoms with Crippen LogP contribution in [0, 0.1) is 6.39 Å². The molecule has 0 saturated carbocycles. The molecule has 0 saturated heterocycles. The molecule has 0 N–H and O–H groups in total. The maximum atomic E-state index is 5.88. The summed E-state index contributed by atoms with van der Waals surface area (Å²) in [4.78, 5) is 4.15. The van der Waals surface area contributed by atoms with E-state index in [0.717, 1.165) is 16.8 Å². The minimum absolute atomic E-state index is 0.666. The Kier molecular flexibility index (Phi) is 3.28. The number of hydrogen-bond acceptors (Lipinski definition) is 2. The van der Waals surface area contributed by atoms with Crippen molar-refractivity contribution in [2.75, 3.05) is 0 Å². The summed E-state index contributed by atoms with van der Waals surface area (Å²) in [5, 5.41) is 1.37. The molecule has 0 amide bonds. The highest BCUT2D eigenvalue weighted by Gasteiger charge is 2.13. The molecule has 93 valence electrons. The van der Waals surface area contributed by atoms with Gasteiger partial charge in [-0.15, -0.1) is 0 Å². The summed E-state index contributed by atoms with van der Waals surface area (Å²) < 4.78 is 5.36. The molecule has 2 nitrogen and oxygen atoms in total. The Morgan fingerprint density at radius 2 is 1.32 bits per heavy atom. The summed E-state index contributed by atoms with van der Waals surface area (Å²) >= 11 is 11.8. The second kappa shape index (κ2) is 5.08. The molecule has 0 fully saturated rings. The third-order valence-electron chi connectivity index (χ3n) is 2.74. The minimum Gasteiger partial charge on any atom is -0.432 e. The average Bonchev–Trinajstić information content (AvgIpc) is 2.90. The van der Waals surface area contributed by atoms with Crippen molar-refractivity contribution in [2.24, 2.45) is 0 Å². The van der Waals surface area contributed by atoms with Crippen molar-refractivity contribution in [3.05, 3.63) is 65.0 Å². The van der Waals surface area contributed by atoms with Crippen LogP contribution in [0.5, 0.6) is 0 Å². The van der Waals surface area contributed by atoms with Crippen LogP contribution in [0.1, 0.15) is 0 Å². The molecule has 0 aliphatic rings. The maximum absolute atomic E-state index is 5.88. The Labute approximate surface area is 120 Å². The molecule has 0 spiro atoms. The second-order valence-corrected chi connectivity index (χ2v) is 4.87. The zero-order valence-corrected chi connectivity index (χ0v) is 11.2. The van der Waals surface area contributed by atoms with Crippen molar-refractivity contribution in [3.8, 4) is 22.6 Å². The quantitative estimate of drug-likeness (QED) is 0.654. The number of rotatable bonds is 2. The predicted octanol–water partition coefficient (Wildman–Crippen LogP) is 5.12. The minimum atomic E-state index is 0.666. The van der Waals surface area contributed by atoms with E-state index in [9.17, 15) is 0 Å². The lowest BCUT2D eigenvalue weighted by Gasteiger charge is -2.02. The van der Waals surface area contributed by atoms with Gasteiger partial charge in [0, 0.05) is 21.2 Å². The molecule has 1 radical (unpaired) electrons. The summed E-state index contributed by atoms with van der Waals surface area (Å²) in [5.41, 5.74) is 2.57. The number of benzene rings is 2. The van der Waals surface area contributed by atoms with Crippen LogP contribution in [0.3, 0.4) is 0 Å². The molecule has 3 rings (SSSR count). The average molecular weight is 289 g/mol. The maximum Gasteiger partial charge on any atom is 0.284 e. The molecule has 0 aliphatic carbocycles. The fraction of sp³-hybridized carbons (Fsp3) is 0. The molecule has 1 aromatic heterocycles. The lowest BCUT2D eigenvalue weighted by molar-refractivity contribution is 0.562. The van der Waals surface area contributed by atoms with E-state index in [-0.39, 0.29) is 0 Å². The fourth-order valence-corrected chi connectivity index (χ4v) is 2.07. The van der Waals surface area contributed by atoms with Crippen molar-refractivity contribution in [1.82, 2.24) is 4.98 Å². The Morgan fingerprint density at radius 1 is 0.789 bits per heavy atom. The number of hydrogen-bond donors (Lipinski definition) is 0. The molecule has 2 aromatic carbocycles. The monoisotopic (exact) mass is 288 g/mol. The highest BCUT2D eigenvalue weighted by atomic mass is 35.5. The van der Waals surface area contributed by atoms with Gasteiger partial charge in [0.25, 0.3) is 6.39 Å². The third kappa shape index (κ3) is 2.50. The van der Waals surface area contributed by atoms with Gasteiger partial charge in [-0.1, -0.05) is 35.3 Å². The van der Waals surface area contributed by atoms with Gasteiger partial charge in [-0.25, -0.2) is 4.98 Å². The van der Waals surface area contributed by atoms with Crippen molar-refractivity contribution < 1.29 is 4.42 Å². The molecule has 0 aliphatic heterocycles. The van der Waals surface area contributed by atoms with Crippen LogP contribution in [-0.4, -0.2) is 4.98 Å². The van der Waals surface area contributed by atoms with Gasteiger partial charge in [0.05, 0.1) is 0 Å². The van der Waals surface area contributed by atoms with E-state index in [4.69, 9.17) is 27.6 Å². The molecule has 19 heavy (non-hydrogen) atoms. The first kappa shape index (κ1) is 12.3. The van der Waals surface area contributed by atoms with Gasteiger partial charge >= 0.3 is 0 Å². The zero-order valence-electron chi connectivity index (χ0n) is 9.73. The Bertz CT molecular complexity index is 627. The highest BCUT2D eigenvalue weighted by molar-refractivity contribution is 6.31. The van der Waals surface area contributed by atoms with E-state index >= 15 is 0 Å². The van der Waals surface area contributed by atoms with Gasteiger partial charge in [-0.2, -0.15) is 0 Å². The lowest BCUT2D eigenvalue weighted by atomic mass is 10.1. The molecule has 1 heterocycles. The fourth-order valence-electron chi connectivity index (χ4n) is 1.81. The Morgan fingerprint density at radius 3 is 1.89 bits per heavy atom. The van der Waals surface area contributed by atoms with Gasteiger partial charge in [0.15, 0.2) is 5.76 Å². The van der Waals surface area contributed by atoms with E-state index in [1.54, 1.807) is 0 Å². The first-order valence-corrected chi connectivity index (χ1v) is 6.38. The molecule has 4 heteroatoms. The van der Waals surface area contributed by atoms with Crippen LogP contribution in [0.25, 0.3) is 22.6 Å². The van der Waals surface area contributed by atoms with Crippen LogP contribution >= 0.6 is 23.2 Å². The topological polar surface area (TPSA) is 26.0 Å². The number of oxazole rings is 1. The molecule has 3 aromatic rings. The van der Waals surface area contributed by atoms with E-state index in [0.29, 0.717) is 15.8 Å². The standard InChI is InChI=1S/C15H8Cl2NO/c16-12-5-1-10(2-6-12)14-15(19-9-18-14)11-3-7-13(17)8-4-11/h1-8H. The van der Waals surface area contributed by atoms with Crippen molar-refractivity contribution in [3.63, 3.8) is 0 Å². The van der Waals surface area contributed by atoms with Crippen LogP contribution in [0.2, 0.25) is 10.0 Å². The van der Waals surface area contributed by atoms with E-state index < -0.39 is 0 Å². The number of halogens is 2. The molecule has 0 unspecified atom stereocenters. The van der Waals surface area contributed by atoms with Crippen LogP contribution in [-0.2, 0) is 0 Å². The summed E-state index contributed by atoms with van der Waals surface area (Å²) in [5.74, 6) is 0.666. The molecule has 0 bridgehead atoms. The van der Waals surface area contributed by atoms with Crippen LogP contribution < -0.4 is 0 Å². The second-order valence-electron chi connectivity index (χ2n) is 4.00. The number of aromatic nitrogens is 1. The Balaban J connectivity index is 2.07. The largest absolute Gasteiger partial charge is 0.432 e. The first-order valence-electron chi connectivity index (χ1n) is 5.63. The van der Waals surface area contributed by atoms with Crippen molar-refractivity contribution in [1.29, 1.82) is 0 Å². The first-order chi connectivity index (χ1) is 9.24. The highest BCUT2D eigenvalue weighted by Crippen LogP contribution is 2.31.